The molecule has 2 rings (SSSR count). The van der Waals surface area contributed by atoms with Crippen LogP contribution in [-0.4, -0.2) is 5.11 Å². The van der Waals surface area contributed by atoms with Gasteiger partial charge < -0.3 is 10.6 Å². The number of aryl methyl sites for hydroxylation is 1. The van der Waals surface area contributed by atoms with Crippen LogP contribution in [0, 0.1) is 25.5 Å². The molecule has 0 fully saturated rings. The maximum absolute atomic E-state index is 13.1. The number of thiocarbonyl (C=S) groups is 1. The van der Waals surface area contributed by atoms with Gasteiger partial charge in [0, 0.05) is 17.4 Å². The van der Waals surface area contributed by atoms with E-state index in [0.717, 1.165) is 28.9 Å². The van der Waals surface area contributed by atoms with Crippen molar-refractivity contribution < 1.29 is 8.78 Å². The first kappa shape index (κ1) is 14.4. The number of anilines is 2. The summed E-state index contributed by atoms with van der Waals surface area (Å²) in [6.45, 7) is 3.99. The molecule has 0 unspecified atom stereocenters. The predicted molar refractivity (Wildman–Crippen MR) is 82.1 cm³/mol. The summed E-state index contributed by atoms with van der Waals surface area (Å²) in [4.78, 5) is 0. The highest BCUT2D eigenvalue weighted by Crippen LogP contribution is 2.19. The van der Waals surface area contributed by atoms with Crippen molar-refractivity contribution in [2.75, 3.05) is 10.6 Å². The normalized spacial score (nSPS) is 10.2. The molecule has 0 aliphatic rings. The van der Waals surface area contributed by atoms with Crippen LogP contribution in [0.25, 0.3) is 0 Å². The summed E-state index contributed by atoms with van der Waals surface area (Å²) in [7, 11) is 0. The summed E-state index contributed by atoms with van der Waals surface area (Å²) in [5.74, 6) is -1.80. The van der Waals surface area contributed by atoms with E-state index >= 15 is 0 Å². The van der Waals surface area contributed by atoms with Crippen molar-refractivity contribution >= 4 is 28.7 Å². The molecule has 2 aromatic rings. The molecule has 20 heavy (non-hydrogen) atoms. The number of rotatable bonds is 2. The summed E-state index contributed by atoms with van der Waals surface area (Å²) in [5.41, 5.74) is 3.50. The lowest BCUT2D eigenvalue weighted by atomic mass is 10.1. The van der Waals surface area contributed by atoms with E-state index < -0.39 is 11.6 Å². The zero-order valence-corrected chi connectivity index (χ0v) is 11.9. The van der Waals surface area contributed by atoms with Crippen LogP contribution in [0.1, 0.15) is 11.1 Å². The van der Waals surface area contributed by atoms with E-state index in [-0.39, 0.29) is 0 Å². The van der Waals surface area contributed by atoms with E-state index in [9.17, 15) is 8.78 Å². The second-order valence-corrected chi connectivity index (χ2v) is 4.86. The second-order valence-electron chi connectivity index (χ2n) is 4.46. The van der Waals surface area contributed by atoms with Gasteiger partial charge in [0.15, 0.2) is 16.7 Å². The van der Waals surface area contributed by atoms with Gasteiger partial charge in [-0.25, -0.2) is 8.78 Å². The molecule has 0 spiro atoms. The molecule has 0 atom stereocenters. The number of benzene rings is 2. The molecule has 0 aliphatic carbocycles. The Kier molecular flexibility index (Phi) is 4.29. The Bertz CT molecular complexity index is 656. The lowest BCUT2D eigenvalue weighted by Gasteiger charge is -2.13. The third-order valence-electron chi connectivity index (χ3n) is 3.03. The SMILES string of the molecule is Cc1cccc(NC(=S)Nc2ccc(F)c(F)c2)c1C. The first-order valence-electron chi connectivity index (χ1n) is 6.06. The Hall–Kier alpha value is -2.01. The average molecular weight is 292 g/mol. The van der Waals surface area contributed by atoms with Gasteiger partial charge >= 0.3 is 0 Å². The first-order valence-corrected chi connectivity index (χ1v) is 6.47. The van der Waals surface area contributed by atoms with Crippen LogP contribution in [0.3, 0.4) is 0 Å². The molecule has 0 aromatic heterocycles. The van der Waals surface area contributed by atoms with Crippen molar-refractivity contribution in [2.45, 2.75) is 13.8 Å². The fourth-order valence-corrected chi connectivity index (χ4v) is 1.97. The van der Waals surface area contributed by atoms with Crippen LogP contribution in [0.2, 0.25) is 0 Å². The predicted octanol–water partition coefficient (Wildman–Crippen LogP) is 4.39. The van der Waals surface area contributed by atoms with E-state index in [0.29, 0.717) is 10.8 Å². The summed E-state index contributed by atoms with van der Waals surface area (Å²) in [6, 6.07) is 9.37. The molecule has 0 saturated carbocycles. The number of halogens is 2. The summed E-state index contributed by atoms with van der Waals surface area (Å²) in [5, 5.41) is 6.18. The lowest BCUT2D eigenvalue weighted by Crippen LogP contribution is -2.19. The third-order valence-corrected chi connectivity index (χ3v) is 3.23. The Labute approximate surface area is 121 Å². The molecule has 0 amide bonds. The fourth-order valence-electron chi connectivity index (χ4n) is 1.75. The van der Waals surface area contributed by atoms with Gasteiger partial charge in [-0.2, -0.15) is 0 Å². The Morgan fingerprint density at radius 2 is 1.75 bits per heavy atom. The van der Waals surface area contributed by atoms with Crippen LogP contribution in [-0.2, 0) is 0 Å². The molecule has 0 aliphatic heterocycles. The minimum atomic E-state index is -0.912. The van der Waals surface area contributed by atoms with Crippen LogP contribution in [0.15, 0.2) is 36.4 Å². The molecular formula is C15H14F2N2S. The molecule has 0 bridgehead atoms. The quantitative estimate of drug-likeness (QED) is 0.803. The zero-order valence-electron chi connectivity index (χ0n) is 11.1. The molecule has 5 heteroatoms. The van der Waals surface area contributed by atoms with Gasteiger partial charge in [-0.15, -0.1) is 0 Å². The van der Waals surface area contributed by atoms with Gasteiger partial charge in [0.2, 0.25) is 0 Å². The van der Waals surface area contributed by atoms with Gasteiger partial charge in [-0.05, 0) is 55.4 Å². The van der Waals surface area contributed by atoms with Crippen LogP contribution in [0.4, 0.5) is 20.2 Å². The summed E-state index contributed by atoms with van der Waals surface area (Å²) >= 11 is 5.16. The maximum Gasteiger partial charge on any atom is 0.175 e. The van der Waals surface area contributed by atoms with E-state index in [1.54, 1.807) is 0 Å². The second kappa shape index (κ2) is 5.96. The largest absolute Gasteiger partial charge is 0.332 e. The molecule has 104 valence electrons. The zero-order chi connectivity index (χ0) is 14.7. The molecular weight excluding hydrogens is 278 g/mol. The van der Waals surface area contributed by atoms with E-state index in [4.69, 9.17) is 12.2 Å². The van der Waals surface area contributed by atoms with Gasteiger partial charge in [-0.3, -0.25) is 0 Å². The minimum Gasteiger partial charge on any atom is -0.332 e. The molecule has 0 heterocycles. The molecule has 0 saturated heterocycles. The fraction of sp³-hybridized carbons (Fsp3) is 0.133. The Morgan fingerprint density at radius 1 is 1.00 bits per heavy atom. The number of nitrogens with one attached hydrogen (secondary N) is 2. The Balaban J connectivity index is 2.09. The highest BCUT2D eigenvalue weighted by atomic mass is 32.1. The smallest absolute Gasteiger partial charge is 0.175 e. The van der Waals surface area contributed by atoms with Crippen LogP contribution in [0.5, 0.6) is 0 Å². The van der Waals surface area contributed by atoms with E-state index in [1.165, 1.54) is 6.07 Å². The van der Waals surface area contributed by atoms with Crippen molar-refractivity contribution in [3.8, 4) is 0 Å². The highest BCUT2D eigenvalue weighted by molar-refractivity contribution is 7.80. The molecule has 2 N–H and O–H groups in total. The van der Waals surface area contributed by atoms with E-state index in [2.05, 4.69) is 10.6 Å². The average Bonchev–Trinajstić information content (AvgIpc) is 2.39. The van der Waals surface area contributed by atoms with Crippen LogP contribution < -0.4 is 10.6 Å². The minimum absolute atomic E-state index is 0.324. The van der Waals surface area contributed by atoms with Crippen LogP contribution >= 0.6 is 12.2 Å². The monoisotopic (exact) mass is 292 g/mol. The Morgan fingerprint density at radius 3 is 2.45 bits per heavy atom. The maximum atomic E-state index is 13.1. The van der Waals surface area contributed by atoms with Crippen molar-refractivity contribution in [3.63, 3.8) is 0 Å². The van der Waals surface area contributed by atoms with Gasteiger partial charge in [-0.1, -0.05) is 12.1 Å². The van der Waals surface area contributed by atoms with Gasteiger partial charge in [0.05, 0.1) is 0 Å². The lowest BCUT2D eigenvalue weighted by molar-refractivity contribution is 0.509. The summed E-state index contributed by atoms with van der Waals surface area (Å²) < 4.78 is 25.9. The molecule has 0 radical (unpaired) electrons. The summed E-state index contributed by atoms with van der Waals surface area (Å²) in [6.07, 6.45) is 0. The van der Waals surface area contributed by atoms with Gasteiger partial charge in [0.25, 0.3) is 0 Å². The van der Waals surface area contributed by atoms with Crippen molar-refractivity contribution in [1.82, 2.24) is 0 Å². The first-order chi connectivity index (χ1) is 9.47. The highest BCUT2D eigenvalue weighted by Gasteiger charge is 2.06. The van der Waals surface area contributed by atoms with Crippen molar-refractivity contribution in [1.29, 1.82) is 0 Å². The third kappa shape index (κ3) is 3.30. The molecule has 2 nitrogen and oxygen atoms in total. The van der Waals surface area contributed by atoms with Crippen molar-refractivity contribution in [2.24, 2.45) is 0 Å². The topological polar surface area (TPSA) is 24.1 Å². The number of hydrogen-bond donors (Lipinski definition) is 2. The van der Waals surface area contributed by atoms with E-state index in [1.807, 2.05) is 32.0 Å². The standard InChI is InChI=1S/C15H14F2N2S/c1-9-4-3-5-14(10(9)2)19-15(20)18-11-6-7-12(16)13(17)8-11/h3-8H,1-2H3,(H2,18,19,20). The van der Waals surface area contributed by atoms with Crippen molar-refractivity contribution in [3.05, 3.63) is 59.2 Å². The van der Waals surface area contributed by atoms with Gasteiger partial charge in [0.1, 0.15) is 0 Å². The molecule has 2 aromatic carbocycles. The number of hydrogen-bond acceptors (Lipinski definition) is 1.